The van der Waals surface area contributed by atoms with Crippen LogP contribution in [0.1, 0.15) is 44.0 Å². The van der Waals surface area contributed by atoms with Crippen LogP contribution in [0.2, 0.25) is 5.02 Å². The molecule has 7 heteroatoms. The van der Waals surface area contributed by atoms with Crippen LogP contribution in [0.25, 0.3) is 0 Å². The summed E-state index contributed by atoms with van der Waals surface area (Å²) in [5, 5.41) is 3.80. The van der Waals surface area contributed by atoms with E-state index in [1.807, 2.05) is 0 Å². The Morgan fingerprint density at radius 2 is 1.96 bits per heavy atom. The lowest BCUT2D eigenvalue weighted by Crippen LogP contribution is -2.16. The van der Waals surface area contributed by atoms with E-state index in [0.717, 1.165) is 36.1 Å². The minimum absolute atomic E-state index is 0.317. The Balaban J connectivity index is 1.98. The number of fused-ring (bicyclic) bond motifs is 1. The first-order chi connectivity index (χ1) is 12.0. The number of anilines is 1. The lowest BCUT2D eigenvalue weighted by molar-refractivity contribution is 0.0601. The second kappa shape index (κ2) is 7.45. The summed E-state index contributed by atoms with van der Waals surface area (Å²) in [5.41, 5.74) is 1.78. The molecular weight excluding hydrogens is 362 g/mol. The van der Waals surface area contributed by atoms with Gasteiger partial charge in [-0.05, 0) is 49.4 Å². The van der Waals surface area contributed by atoms with E-state index in [9.17, 15) is 9.59 Å². The van der Waals surface area contributed by atoms with Crippen molar-refractivity contribution in [3.8, 4) is 5.75 Å². The number of aryl methyl sites for hydroxylation is 1. The smallest absolute Gasteiger partial charge is 0.341 e. The number of rotatable bonds is 4. The summed E-state index contributed by atoms with van der Waals surface area (Å²) in [6, 6.07) is 4.83. The number of nitrogens with one attached hydrogen (secondary N) is 1. The van der Waals surface area contributed by atoms with Crippen molar-refractivity contribution in [2.75, 3.05) is 19.5 Å². The van der Waals surface area contributed by atoms with Crippen LogP contribution in [0.15, 0.2) is 18.2 Å². The number of esters is 1. The van der Waals surface area contributed by atoms with Crippen LogP contribution in [0, 0.1) is 0 Å². The van der Waals surface area contributed by atoms with E-state index in [-0.39, 0.29) is 5.91 Å². The van der Waals surface area contributed by atoms with Gasteiger partial charge in [0.25, 0.3) is 5.91 Å². The van der Waals surface area contributed by atoms with Gasteiger partial charge in [-0.1, -0.05) is 11.6 Å². The van der Waals surface area contributed by atoms with Crippen LogP contribution < -0.4 is 10.1 Å². The highest BCUT2D eigenvalue weighted by atomic mass is 35.5. The van der Waals surface area contributed by atoms with Gasteiger partial charge < -0.3 is 14.8 Å². The molecule has 1 heterocycles. The zero-order valence-electron chi connectivity index (χ0n) is 14.0. The van der Waals surface area contributed by atoms with E-state index >= 15 is 0 Å². The third kappa shape index (κ3) is 3.50. The van der Waals surface area contributed by atoms with Crippen molar-refractivity contribution in [2.45, 2.75) is 25.7 Å². The minimum atomic E-state index is -0.423. The second-order valence-electron chi connectivity index (χ2n) is 5.71. The Labute approximate surface area is 154 Å². The normalized spacial score (nSPS) is 13.1. The van der Waals surface area contributed by atoms with Crippen LogP contribution >= 0.6 is 22.9 Å². The summed E-state index contributed by atoms with van der Waals surface area (Å²) in [4.78, 5) is 26.1. The molecule has 5 nitrogen and oxygen atoms in total. The third-order valence-corrected chi connectivity index (χ3v) is 5.64. The number of hydrogen-bond acceptors (Lipinski definition) is 5. The molecule has 1 aliphatic rings. The van der Waals surface area contributed by atoms with Gasteiger partial charge in [0.1, 0.15) is 10.8 Å². The van der Waals surface area contributed by atoms with Gasteiger partial charge in [0.15, 0.2) is 0 Å². The zero-order chi connectivity index (χ0) is 18.0. The van der Waals surface area contributed by atoms with Crippen molar-refractivity contribution < 1.29 is 19.1 Å². The van der Waals surface area contributed by atoms with E-state index in [1.54, 1.807) is 18.2 Å². The quantitative estimate of drug-likeness (QED) is 0.803. The molecule has 1 aromatic carbocycles. The summed E-state index contributed by atoms with van der Waals surface area (Å²) >= 11 is 7.44. The molecule has 1 aromatic heterocycles. The summed E-state index contributed by atoms with van der Waals surface area (Å²) in [6.45, 7) is 0. The van der Waals surface area contributed by atoms with Gasteiger partial charge in [-0.3, -0.25) is 4.79 Å². The minimum Gasteiger partial charge on any atom is -0.496 e. The van der Waals surface area contributed by atoms with Gasteiger partial charge >= 0.3 is 5.97 Å². The molecule has 0 radical (unpaired) electrons. The predicted octanol–water partition coefficient (Wildman–Crippen LogP) is 4.33. The largest absolute Gasteiger partial charge is 0.496 e. The maximum absolute atomic E-state index is 12.7. The highest BCUT2D eigenvalue weighted by Crippen LogP contribution is 2.39. The molecule has 0 atom stereocenters. The average Bonchev–Trinajstić information content (AvgIpc) is 2.98. The molecule has 1 amide bonds. The maximum Gasteiger partial charge on any atom is 0.341 e. The fourth-order valence-corrected chi connectivity index (χ4v) is 4.44. The molecule has 2 aromatic rings. The number of methoxy groups -OCH3 is 2. The number of thiophene rings is 1. The summed E-state index contributed by atoms with van der Waals surface area (Å²) in [5.74, 6) is -0.376. The molecular formula is C18H18ClNO4S. The molecule has 0 saturated heterocycles. The fraction of sp³-hybridized carbons (Fsp3) is 0.333. The molecule has 25 heavy (non-hydrogen) atoms. The van der Waals surface area contributed by atoms with Crippen molar-refractivity contribution in [2.24, 2.45) is 0 Å². The number of hydrogen-bond donors (Lipinski definition) is 1. The Kier molecular flexibility index (Phi) is 5.30. The van der Waals surface area contributed by atoms with Crippen LogP contribution in [-0.4, -0.2) is 26.1 Å². The highest BCUT2D eigenvalue weighted by molar-refractivity contribution is 7.17. The monoisotopic (exact) mass is 379 g/mol. The van der Waals surface area contributed by atoms with Crippen LogP contribution in [0.4, 0.5) is 5.00 Å². The van der Waals surface area contributed by atoms with E-state index in [1.165, 1.54) is 25.6 Å². The van der Waals surface area contributed by atoms with Crippen LogP contribution in [-0.2, 0) is 17.6 Å². The summed E-state index contributed by atoms with van der Waals surface area (Å²) < 4.78 is 10.2. The van der Waals surface area contributed by atoms with E-state index < -0.39 is 5.97 Å². The van der Waals surface area contributed by atoms with Crippen molar-refractivity contribution in [1.29, 1.82) is 0 Å². The average molecular weight is 380 g/mol. The first-order valence-corrected chi connectivity index (χ1v) is 9.12. The third-order valence-electron chi connectivity index (χ3n) is 4.19. The van der Waals surface area contributed by atoms with E-state index in [4.69, 9.17) is 21.1 Å². The van der Waals surface area contributed by atoms with E-state index in [0.29, 0.717) is 26.9 Å². The SMILES string of the molecule is COC(=O)c1c(NC(=O)c2cc(Cl)ccc2OC)sc2c1CCCC2. The topological polar surface area (TPSA) is 64.6 Å². The Morgan fingerprint density at radius 1 is 1.20 bits per heavy atom. The van der Waals surface area contributed by atoms with Gasteiger partial charge in [-0.25, -0.2) is 4.79 Å². The van der Waals surface area contributed by atoms with Crippen LogP contribution in [0.5, 0.6) is 5.75 Å². The molecule has 1 aliphatic carbocycles. The first-order valence-electron chi connectivity index (χ1n) is 7.93. The van der Waals surface area contributed by atoms with Crippen molar-refractivity contribution in [1.82, 2.24) is 0 Å². The van der Waals surface area contributed by atoms with Gasteiger partial charge in [-0.2, -0.15) is 0 Å². The lowest BCUT2D eigenvalue weighted by Gasteiger charge is -2.12. The zero-order valence-corrected chi connectivity index (χ0v) is 15.6. The molecule has 0 fully saturated rings. The molecule has 0 spiro atoms. The first kappa shape index (κ1) is 17.8. The Hall–Kier alpha value is -2.05. The molecule has 0 unspecified atom stereocenters. The summed E-state index contributed by atoms with van der Waals surface area (Å²) in [6.07, 6.45) is 3.86. The predicted molar refractivity (Wildman–Crippen MR) is 98.3 cm³/mol. The fourth-order valence-electron chi connectivity index (χ4n) is 3.00. The van der Waals surface area contributed by atoms with Gasteiger partial charge in [0.05, 0.1) is 25.3 Å². The van der Waals surface area contributed by atoms with Crippen molar-refractivity contribution >= 4 is 39.8 Å². The molecule has 3 rings (SSSR count). The van der Waals surface area contributed by atoms with Gasteiger partial charge in [-0.15, -0.1) is 11.3 Å². The number of ether oxygens (including phenoxy) is 2. The highest BCUT2D eigenvalue weighted by Gasteiger charge is 2.27. The number of halogens is 1. The lowest BCUT2D eigenvalue weighted by atomic mass is 9.95. The number of carbonyl (C=O) groups is 2. The van der Waals surface area contributed by atoms with Crippen molar-refractivity contribution in [3.05, 3.63) is 44.8 Å². The molecule has 0 bridgehead atoms. The number of benzene rings is 1. The molecule has 1 N–H and O–H groups in total. The van der Waals surface area contributed by atoms with E-state index in [2.05, 4.69) is 5.32 Å². The molecule has 0 saturated carbocycles. The molecule has 132 valence electrons. The summed E-state index contributed by atoms with van der Waals surface area (Å²) in [7, 11) is 2.84. The Bertz CT molecular complexity index is 831. The van der Waals surface area contributed by atoms with Gasteiger partial charge in [0, 0.05) is 9.90 Å². The Morgan fingerprint density at radius 3 is 2.68 bits per heavy atom. The van der Waals surface area contributed by atoms with Crippen LogP contribution in [0.3, 0.4) is 0 Å². The maximum atomic E-state index is 12.7. The van der Waals surface area contributed by atoms with Crippen molar-refractivity contribution in [3.63, 3.8) is 0 Å². The standard InChI is InChI=1S/C18H18ClNO4S/c1-23-13-8-7-10(19)9-12(13)16(21)20-17-15(18(22)24-2)11-5-3-4-6-14(11)25-17/h7-9H,3-6H2,1-2H3,(H,20,21). The number of amides is 1. The number of carbonyl (C=O) groups excluding carboxylic acids is 2. The second-order valence-corrected chi connectivity index (χ2v) is 7.25. The van der Waals surface area contributed by atoms with Gasteiger partial charge in [0.2, 0.25) is 0 Å². The molecule has 0 aliphatic heterocycles.